The SMILES string of the molecule is CNC1CCCN(C(=O)COC2CCCC2)C1.Cl. The number of likely N-dealkylation sites (N-methyl/N-ethyl adjacent to an activating group) is 1. The van der Waals surface area contributed by atoms with Crippen molar-refractivity contribution in [2.75, 3.05) is 26.7 Å². The van der Waals surface area contributed by atoms with E-state index >= 15 is 0 Å². The number of piperidine rings is 1. The zero-order valence-electron chi connectivity index (χ0n) is 11.2. The van der Waals surface area contributed by atoms with Crippen LogP contribution in [-0.2, 0) is 9.53 Å². The summed E-state index contributed by atoms with van der Waals surface area (Å²) >= 11 is 0. The van der Waals surface area contributed by atoms with Gasteiger partial charge in [-0.2, -0.15) is 0 Å². The Hall–Kier alpha value is -0.320. The summed E-state index contributed by atoms with van der Waals surface area (Å²) in [5.74, 6) is 0.164. The van der Waals surface area contributed by atoms with Crippen LogP contribution < -0.4 is 5.32 Å². The lowest BCUT2D eigenvalue weighted by molar-refractivity contribution is -0.139. The number of amides is 1. The van der Waals surface area contributed by atoms with Gasteiger partial charge in [-0.25, -0.2) is 0 Å². The zero-order valence-corrected chi connectivity index (χ0v) is 12.0. The van der Waals surface area contributed by atoms with Crippen LogP contribution in [0.3, 0.4) is 0 Å². The molecule has 0 aromatic rings. The van der Waals surface area contributed by atoms with Gasteiger partial charge in [0, 0.05) is 19.1 Å². The number of hydrogen-bond donors (Lipinski definition) is 1. The fourth-order valence-electron chi connectivity index (χ4n) is 2.77. The first-order chi connectivity index (χ1) is 8.29. The van der Waals surface area contributed by atoms with E-state index in [2.05, 4.69) is 5.32 Å². The number of likely N-dealkylation sites (tertiary alicyclic amines) is 1. The Balaban J connectivity index is 0.00000162. The predicted molar refractivity (Wildman–Crippen MR) is 74.1 cm³/mol. The Morgan fingerprint density at radius 2 is 2.00 bits per heavy atom. The number of nitrogens with one attached hydrogen (secondary N) is 1. The van der Waals surface area contributed by atoms with Crippen molar-refractivity contribution in [3.8, 4) is 0 Å². The van der Waals surface area contributed by atoms with Crippen LogP contribution in [-0.4, -0.2) is 49.7 Å². The summed E-state index contributed by atoms with van der Waals surface area (Å²) in [5, 5.41) is 3.25. The monoisotopic (exact) mass is 276 g/mol. The van der Waals surface area contributed by atoms with Gasteiger partial charge in [0.25, 0.3) is 0 Å². The summed E-state index contributed by atoms with van der Waals surface area (Å²) in [7, 11) is 1.97. The van der Waals surface area contributed by atoms with Crippen LogP contribution >= 0.6 is 12.4 Å². The minimum atomic E-state index is 0. The highest BCUT2D eigenvalue weighted by atomic mass is 35.5. The van der Waals surface area contributed by atoms with Crippen molar-refractivity contribution >= 4 is 18.3 Å². The fraction of sp³-hybridized carbons (Fsp3) is 0.923. The summed E-state index contributed by atoms with van der Waals surface area (Å²) in [4.78, 5) is 13.9. The Morgan fingerprint density at radius 3 is 2.67 bits per heavy atom. The summed E-state index contributed by atoms with van der Waals surface area (Å²) in [6.07, 6.45) is 7.38. The molecule has 106 valence electrons. The normalized spacial score (nSPS) is 24.9. The molecule has 2 aliphatic rings. The molecule has 1 heterocycles. The molecule has 1 N–H and O–H groups in total. The number of rotatable bonds is 4. The first kappa shape index (κ1) is 15.7. The van der Waals surface area contributed by atoms with Crippen molar-refractivity contribution in [2.45, 2.75) is 50.7 Å². The predicted octanol–water partition coefficient (Wildman–Crippen LogP) is 1.58. The van der Waals surface area contributed by atoms with Crippen molar-refractivity contribution in [3.63, 3.8) is 0 Å². The number of carbonyl (C=O) groups is 1. The van der Waals surface area contributed by atoms with Crippen molar-refractivity contribution in [3.05, 3.63) is 0 Å². The fourth-order valence-corrected chi connectivity index (χ4v) is 2.77. The maximum atomic E-state index is 12.0. The Morgan fingerprint density at radius 1 is 1.28 bits per heavy atom. The highest BCUT2D eigenvalue weighted by molar-refractivity contribution is 5.85. The molecule has 1 saturated carbocycles. The van der Waals surface area contributed by atoms with Crippen LogP contribution in [0.4, 0.5) is 0 Å². The standard InChI is InChI=1S/C13H24N2O2.ClH/c1-14-11-5-4-8-15(9-11)13(16)10-17-12-6-2-3-7-12;/h11-12,14H,2-10H2,1H3;1H. The maximum absolute atomic E-state index is 12.0. The summed E-state index contributed by atoms with van der Waals surface area (Å²) in [6.45, 7) is 2.01. The first-order valence-electron chi connectivity index (χ1n) is 6.86. The van der Waals surface area contributed by atoms with Crippen LogP contribution in [0.5, 0.6) is 0 Å². The molecule has 0 aromatic heterocycles. The van der Waals surface area contributed by atoms with E-state index in [9.17, 15) is 4.79 Å². The van der Waals surface area contributed by atoms with Crippen molar-refractivity contribution in [2.24, 2.45) is 0 Å². The topological polar surface area (TPSA) is 41.6 Å². The van der Waals surface area contributed by atoms with Gasteiger partial charge < -0.3 is 15.0 Å². The maximum Gasteiger partial charge on any atom is 0.248 e. The molecule has 1 atom stereocenters. The zero-order chi connectivity index (χ0) is 12.1. The first-order valence-corrected chi connectivity index (χ1v) is 6.86. The largest absolute Gasteiger partial charge is 0.368 e. The highest BCUT2D eigenvalue weighted by Crippen LogP contribution is 2.21. The molecule has 0 spiro atoms. The van der Waals surface area contributed by atoms with Crippen LogP contribution in [0.1, 0.15) is 38.5 Å². The van der Waals surface area contributed by atoms with Gasteiger partial charge in [0.05, 0.1) is 6.10 Å². The Labute approximate surface area is 116 Å². The second-order valence-corrected chi connectivity index (χ2v) is 5.19. The molecule has 1 saturated heterocycles. The summed E-state index contributed by atoms with van der Waals surface area (Å²) in [6, 6.07) is 0.458. The van der Waals surface area contributed by atoms with E-state index in [1.54, 1.807) is 0 Å². The highest BCUT2D eigenvalue weighted by Gasteiger charge is 2.24. The van der Waals surface area contributed by atoms with Crippen LogP contribution in [0.25, 0.3) is 0 Å². The number of nitrogens with zero attached hydrogens (tertiary/aromatic N) is 1. The summed E-state index contributed by atoms with van der Waals surface area (Å²) < 4.78 is 5.68. The van der Waals surface area contributed by atoms with Gasteiger partial charge in [-0.3, -0.25) is 4.79 Å². The second kappa shape index (κ2) is 7.97. The number of hydrogen-bond acceptors (Lipinski definition) is 3. The van der Waals surface area contributed by atoms with Gasteiger partial charge in [0.15, 0.2) is 0 Å². The van der Waals surface area contributed by atoms with Crippen molar-refractivity contribution in [1.29, 1.82) is 0 Å². The lowest BCUT2D eigenvalue weighted by atomic mass is 10.1. The van der Waals surface area contributed by atoms with E-state index in [1.807, 2.05) is 11.9 Å². The lowest BCUT2D eigenvalue weighted by Gasteiger charge is -2.32. The Kier molecular flexibility index (Phi) is 6.97. The van der Waals surface area contributed by atoms with Crippen LogP contribution in [0, 0.1) is 0 Å². The minimum Gasteiger partial charge on any atom is -0.368 e. The van der Waals surface area contributed by atoms with Crippen LogP contribution in [0.15, 0.2) is 0 Å². The van der Waals surface area contributed by atoms with Gasteiger partial charge in [-0.05, 0) is 32.7 Å². The molecular formula is C13H25ClN2O2. The van der Waals surface area contributed by atoms with Gasteiger partial charge in [-0.15, -0.1) is 12.4 Å². The quantitative estimate of drug-likeness (QED) is 0.848. The van der Waals surface area contributed by atoms with Crippen molar-refractivity contribution < 1.29 is 9.53 Å². The van der Waals surface area contributed by atoms with Gasteiger partial charge in [-0.1, -0.05) is 12.8 Å². The third kappa shape index (κ3) is 4.41. The van der Waals surface area contributed by atoms with Gasteiger partial charge in [0.1, 0.15) is 6.61 Å². The van der Waals surface area contributed by atoms with Crippen molar-refractivity contribution in [1.82, 2.24) is 10.2 Å². The third-order valence-electron chi connectivity index (χ3n) is 3.93. The van der Waals surface area contributed by atoms with Gasteiger partial charge in [0.2, 0.25) is 5.91 Å². The molecule has 5 heteroatoms. The molecule has 1 aliphatic heterocycles. The Bertz CT molecular complexity index is 257. The molecule has 1 aliphatic carbocycles. The van der Waals surface area contributed by atoms with E-state index < -0.39 is 0 Å². The third-order valence-corrected chi connectivity index (χ3v) is 3.93. The van der Waals surface area contributed by atoms with E-state index in [1.165, 1.54) is 19.3 Å². The second-order valence-electron chi connectivity index (χ2n) is 5.19. The smallest absolute Gasteiger partial charge is 0.248 e. The van der Waals surface area contributed by atoms with E-state index in [4.69, 9.17) is 4.74 Å². The van der Waals surface area contributed by atoms with Crippen LogP contribution in [0.2, 0.25) is 0 Å². The number of halogens is 1. The molecule has 1 amide bonds. The molecule has 4 nitrogen and oxygen atoms in total. The molecule has 2 rings (SSSR count). The average Bonchev–Trinajstić information content (AvgIpc) is 2.89. The van der Waals surface area contributed by atoms with E-state index in [-0.39, 0.29) is 24.9 Å². The molecule has 1 unspecified atom stereocenters. The lowest BCUT2D eigenvalue weighted by Crippen LogP contribution is -2.48. The van der Waals surface area contributed by atoms with E-state index in [0.717, 1.165) is 32.4 Å². The van der Waals surface area contributed by atoms with E-state index in [0.29, 0.717) is 12.1 Å². The molecule has 0 aromatic carbocycles. The molecule has 18 heavy (non-hydrogen) atoms. The number of ether oxygens (including phenoxy) is 1. The van der Waals surface area contributed by atoms with Gasteiger partial charge >= 0.3 is 0 Å². The summed E-state index contributed by atoms with van der Waals surface area (Å²) in [5.41, 5.74) is 0. The molecule has 2 fully saturated rings. The molecular weight excluding hydrogens is 252 g/mol. The minimum absolute atomic E-state index is 0. The molecule has 0 radical (unpaired) electrons. The molecule has 0 bridgehead atoms. The average molecular weight is 277 g/mol. The number of carbonyl (C=O) groups excluding carboxylic acids is 1.